The van der Waals surface area contributed by atoms with Crippen molar-refractivity contribution in [2.24, 2.45) is 0 Å². The van der Waals surface area contributed by atoms with Crippen LogP contribution in [-0.2, 0) is 0 Å². The number of para-hydroxylation sites is 1. The number of benzene rings is 4. The number of aromatic amines is 1. The van der Waals surface area contributed by atoms with Gasteiger partial charge in [-0.15, -0.1) is 11.8 Å². The minimum Gasteiger partial charge on any atom is -0.354 e. The first-order chi connectivity index (χ1) is 17.2. The second kappa shape index (κ2) is 10.5. The summed E-state index contributed by atoms with van der Waals surface area (Å²) in [7, 11) is 0. The molecule has 0 aliphatic heterocycles. The van der Waals surface area contributed by atoms with Gasteiger partial charge in [0.2, 0.25) is 0 Å². The van der Waals surface area contributed by atoms with Crippen LogP contribution in [0.15, 0.2) is 114 Å². The van der Waals surface area contributed by atoms with Crippen LogP contribution in [0.3, 0.4) is 0 Å². The molecule has 4 nitrogen and oxygen atoms in total. The normalized spacial score (nSPS) is 10.9. The molecule has 0 aliphatic carbocycles. The van der Waals surface area contributed by atoms with Crippen molar-refractivity contribution in [1.82, 2.24) is 10.3 Å². The number of hydrogen-bond acceptors (Lipinski definition) is 3. The Morgan fingerprint density at radius 1 is 0.714 bits per heavy atom. The molecule has 0 bridgehead atoms. The lowest BCUT2D eigenvalue weighted by molar-refractivity contribution is 0.0944. The summed E-state index contributed by atoms with van der Waals surface area (Å²) < 4.78 is 0. The van der Waals surface area contributed by atoms with Crippen LogP contribution in [0.4, 0.5) is 0 Å². The summed E-state index contributed by atoms with van der Waals surface area (Å²) in [5.74, 6) is 0.298. The Morgan fingerprint density at radius 2 is 1.34 bits per heavy atom. The number of carbonyl (C=O) groups excluding carboxylic acids is 2. The van der Waals surface area contributed by atoms with E-state index in [0.29, 0.717) is 29.0 Å². The Hall–Kier alpha value is -4.09. The lowest BCUT2D eigenvalue weighted by atomic mass is 9.98. The van der Waals surface area contributed by atoms with Crippen molar-refractivity contribution < 1.29 is 9.59 Å². The summed E-state index contributed by atoms with van der Waals surface area (Å²) in [6, 6.07) is 34.5. The van der Waals surface area contributed by atoms with Gasteiger partial charge in [0.1, 0.15) is 0 Å². The second-order valence-electron chi connectivity index (χ2n) is 8.09. The van der Waals surface area contributed by atoms with Gasteiger partial charge in [-0.25, -0.2) is 0 Å². The van der Waals surface area contributed by atoms with Gasteiger partial charge in [-0.3, -0.25) is 9.59 Å². The topological polar surface area (TPSA) is 62.0 Å². The molecule has 1 aromatic heterocycles. The summed E-state index contributed by atoms with van der Waals surface area (Å²) in [6.45, 7) is 0.477. The molecule has 35 heavy (non-hydrogen) atoms. The Balaban J connectivity index is 1.29. The maximum Gasteiger partial charge on any atom is 0.252 e. The molecule has 0 unspecified atom stereocenters. The van der Waals surface area contributed by atoms with Crippen molar-refractivity contribution in [3.8, 4) is 11.3 Å². The standard InChI is InChI=1S/C30H24N2O2S/c33-28(22-13-5-2-6-14-22)23-15-7-8-16-24(23)30(34)31-19-20-35-29-25-17-9-10-18-26(25)32-27(29)21-11-3-1-4-12-21/h1-18,32H,19-20H2,(H,31,34). The van der Waals surface area contributed by atoms with Crippen LogP contribution in [0, 0.1) is 0 Å². The van der Waals surface area contributed by atoms with Crippen molar-refractivity contribution >= 4 is 34.4 Å². The molecule has 5 heteroatoms. The third-order valence-electron chi connectivity index (χ3n) is 5.81. The molecule has 0 saturated heterocycles. The summed E-state index contributed by atoms with van der Waals surface area (Å²) in [6.07, 6.45) is 0. The fraction of sp³-hybridized carbons (Fsp3) is 0.0667. The number of aromatic nitrogens is 1. The Bertz CT molecular complexity index is 1480. The van der Waals surface area contributed by atoms with E-state index in [1.54, 1.807) is 48.2 Å². The predicted molar refractivity (Wildman–Crippen MR) is 143 cm³/mol. The molecule has 0 atom stereocenters. The lowest BCUT2D eigenvalue weighted by Crippen LogP contribution is -2.27. The predicted octanol–water partition coefficient (Wildman–Crippen LogP) is 6.59. The molecule has 0 fully saturated rings. The van der Waals surface area contributed by atoms with Gasteiger partial charge in [-0.1, -0.05) is 97.1 Å². The van der Waals surface area contributed by atoms with Crippen molar-refractivity contribution in [3.05, 3.63) is 126 Å². The molecule has 0 aliphatic rings. The zero-order chi connectivity index (χ0) is 24.0. The van der Waals surface area contributed by atoms with E-state index in [1.165, 1.54) is 10.3 Å². The number of carbonyl (C=O) groups is 2. The van der Waals surface area contributed by atoms with Crippen LogP contribution in [0.25, 0.3) is 22.2 Å². The highest BCUT2D eigenvalue weighted by molar-refractivity contribution is 7.99. The van der Waals surface area contributed by atoms with Crippen LogP contribution in [0.2, 0.25) is 0 Å². The molecule has 5 aromatic rings. The van der Waals surface area contributed by atoms with E-state index in [1.807, 2.05) is 48.5 Å². The molecular weight excluding hydrogens is 452 g/mol. The summed E-state index contributed by atoms with van der Waals surface area (Å²) in [5, 5.41) is 4.16. The lowest BCUT2D eigenvalue weighted by Gasteiger charge is -2.10. The van der Waals surface area contributed by atoms with E-state index in [2.05, 4.69) is 34.6 Å². The van der Waals surface area contributed by atoms with Gasteiger partial charge in [0.15, 0.2) is 5.78 Å². The summed E-state index contributed by atoms with van der Waals surface area (Å²) in [4.78, 5) is 30.7. The van der Waals surface area contributed by atoms with E-state index in [-0.39, 0.29) is 11.7 Å². The minimum absolute atomic E-state index is 0.156. The maximum atomic E-state index is 13.0. The molecule has 5 rings (SSSR count). The van der Waals surface area contributed by atoms with Crippen LogP contribution < -0.4 is 5.32 Å². The summed E-state index contributed by atoms with van der Waals surface area (Å²) >= 11 is 1.71. The largest absolute Gasteiger partial charge is 0.354 e. The van der Waals surface area contributed by atoms with Gasteiger partial charge in [-0.2, -0.15) is 0 Å². The monoisotopic (exact) mass is 476 g/mol. The highest BCUT2D eigenvalue weighted by atomic mass is 32.2. The van der Waals surface area contributed by atoms with Crippen molar-refractivity contribution in [3.63, 3.8) is 0 Å². The third kappa shape index (κ3) is 4.91. The third-order valence-corrected chi connectivity index (χ3v) is 6.93. The zero-order valence-electron chi connectivity index (χ0n) is 19.0. The minimum atomic E-state index is -0.243. The van der Waals surface area contributed by atoms with Gasteiger partial charge in [0.25, 0.3) is 5.91 Å². The SMILES string of the molecule is O=C(NCCSc1c(-c2ccccc2)[nH]c2ccccc12)c1ccccc1C(=O)c1ccccc1. The summed E-state index contributed by atoms with van der Waals surface area (Å²) in [5.41, 5.74) is 4.67. The van der Waals surface area contributed by atoms with Gasteiger partial charge < -0.3 is 10.3 Å². The Morgan fingerprint density at radius 3 is 2.11 bits per heavy atom. The van der Waals surface area contributed by atoms with Crippen LogP contribution in [0.1, 0.15) is 26.3 Å². The number of fused-ring (bicyclic) bond motifs is 1. The average molecular weight is 477 g/mol. The number of nitrogens with one attached hydrogen (secondary N) is 2. The Labute approximate surface area is 208 Å². The van der Waals surface area contributed by atoms with Gasteiger partial charge in [-0.05, 0) is 17.7 Å². The van der Waals surface area contributed by atoms with E-state index in [4.69, 9.17) is 0 Å². The number of hydrogen-bond donors (Lipinski definition) is 2. The average Bonchev–Trinajstić information content (AvgIpc) is 3.30. The fourth-order valence-electron chi connectivity index (χ4n) is 4.11. The highest BCUT2D eigenvalue weighted by Gasteiger charge is 2.18. The molecular formula is C30H24N2O2S. The quantitative estimate of drug-likeness (QED) is 0.151. The molecule has 172 valence electrons. The number of ketones is 1. The van der Waals surface area contributed by atoms with Crippen LogP contribution >= 0.6 is 11.8 Å². The van der Waals surface area contributed by atoms with E-state index in [0.717, 1.165) is 16.8 Å². The molecule has 1 amide bonds. The smallest absolute Gasteiger partial charge is 0.252 e. The van der Waals surface area contributed by atoms with Gasteiger partial charge in [0, 0.05) is 39.2 Å². The molecule has 1 heterocycles. The van der Waals surface area contributed by atoms with Gasteiger partial charge >= 0.3 is 0 Å². The van der Waals surface area contributed by atoms with E-state index >= 15 is 0 Å². The first kappa shape index (κ1) is 22.7. The molecule has 0 saturated carbocycles. The first-order valence-corrected chi connectivity index (χ1v) is 12.5. The molecule has 2 N–H and O–H groups in total. The first-order valence-electron chi connectivity index (χ1n) is 11.5. The Kier molecular flexibility index (Phi) is 6.77. The number of amides is 1. The zero-order valence-corrected chi connectivity index (χ0v) is 19.8. The molecule has 0 spiro atoms. The van der Waals surface area contributed by atoms with Crippen molar-refractivity contribution in [2.75, 3.05) is 12.3 Å². The van der Waals surface area contributed by atoms with Crippen molar-refractivity contribution in [2.45, 2.75) is 4.90 Å². The number of thioether (sulfide) groups is 1. The molecule has 0 radical (unpaired) electrons. The van der Waals surface area contributed by atoms with Gasteiger partial charge in [0.05, 0.1) is 11.3 Å². The van der Waals surface area contributed by atoms with Crippen molar-refractivity contribution in [1.29, 1.82) is 0 Å². The fourth-order valence-corrected chi connectivity index (χ4v) is 5.17. The second-order valence-corrected chi connectivity index (χ2v) is 9.19. The maximum absolute atomic E-state index is 13.0. The van der Waals surface area contributed by atoms with Crippen LogP contribution in [-0.4, -0.2) is 29.0 Å². The van der Waals surface area contributed by atoms with E-state index in [9.17, 15) is 9.59 Å². The van der Waals surface area contributed by atoms with Crippen LogP contribution in [0.5, 0.6) is 0 Å². The van der Waals surface area contributed by atoms with E-state index < -0.39 is 0 Å². The number of rotatable bonds is 8. The number of H-pyrrole nitrogens is 1. The molecule has 4 aromatic carbocycles. The highest BCUT2D eigenvalue weighted by Crippen LogP contribution is 2.37.